The number of nitrogens with one attached hydrogen (secondary N) is 1. The second-order valence-electron chi connectivity index (χ2n) is 4.81. The molecule has 3 N–H and O–H groups in total. The van der Waals surface area contributed by atoms with Crippen LogP contribution in [0.2, 0.25) is 0 Å². The standard InChI is InChI=1S/C13H14N2O3/c16-7-4-5-10-11(6-7)15-12(14-10)8-2-1-3-9(8)13(17)18/h4-6,8-9,16H,1-3H2,(H,14,15)(H,17,18). The van der Waals surface area contributed by atoms with Gasteiger partial charge in [-0.15, -0.1) is 0 Å². The van der Waals surface area contributed by atoms with Gasteiger partial charge >= 0.3 is 5.97 Å². The summed E-state index contributed by atoms with van der Waals surface area (Å²) < 4.78 is 0. The van der Waals surface area contributed by atoms with Crippen LogP contribution in [-0.4, -0.2) is 26.2 Å². The van der Waals surface area contributed by atoms with Gasteiger partial charge in [0.2, 0.25) is 0 Å². The summed E-state index contributed by atoms with van der Waals surface area (Å²) in [4.78, 5) is 18.7. The summed E-state index contributed by atoms with van der Waals surface area (Å²) in [7, 11) is 0. The third kappa shape index (κ3) is 1.72. The molecule has 18 heavy (non-hydrogen) atoms. The van der Waals surface area contributed by atoms with Gasteiger partial charge in [-0.05, 0) is 25.0 Å². The van der Waals surface area contributed by atoms with Gasteiger partial charge in [0, 0.05) is 12.0 Å². The van der Waals surface area contributed by atoms with Crippen LogP contribution >= 0.6 is 0 Å². The minimum absolute atomic E-state index is 0.0444. The fraction of sp³-hybridized carbons (Fsp3) is 0.385. The largest absolute Gasteiger partial charge is 0.508 e. The number of phenolic OH excluding ortho intramolecular Hbond substituents is 1. The highest BCUT2D eigenvalue weighted by Gasteiger charge is 2.35. The van der Waals surface area contributed by atoms with Crippen LogP contribution in [0.5, 0.6) is 5.75 Å². The Labute approximate surface area is 103 Å². The number of rotatable bonds is 2. The molecule has 0 radical (unpaired) electrons. The summed E-state index contributed by atoms with van der Waals surface area (Å²) >= 11 is 0. The molecule has 2 unspecified atom stereocenters. The summed E-state index contributed by atoms with van der Waals surface area (Å²) in [6.45, 7) is 0. The average Bonchev–Trinajstić information content (AvgIpc) is 2.93. The van der Waals surface area contributed by atoms with Crippen molar-refractivity contribution < 1.29 is 15.0 Å². The topological polar surface area (TPSA) is 86.2 Å². The molecule has 2 aromatic rings. The lowest BCUT2D eigenvalue weighted by Gasteiger charge is -2.12. The van der Waals surface area contributed by atoms with Crippen LogP contribution in [0.15, 0.2) is 18.2 Å². The number of imidazole rings is 1. The number of carboxylic acid groups (broad SMARTS) is 1. The first kappa shape index (κ1) is 11.1. The van der Waals surface area contributed by atoms with E-state index in [9.17, 15) is 15.0 Å². The van der Waals surface area contributed by atoms with E-state index in [1.807, 2.05) is 0 Å². The highest BCUT2D eigenvalue weighted by atomic mass is 16.4. The lowest BCUT2D eigenvalue weighted by molar-refractivity contribution is -0.142. The number of benzene rings is 1. The number of carboxylic acids is 1. The van der Waals surface area contributed by atoms with Crippen molar-refractivity contribution in [2.45, 2.75) is 25.2 Å². The number of aromatic nitrogens is 2. The van der Waals surface area contributed by atoms with Crippen LogP contribution in [0.4, 0.5) is 0 Å². The number of hydrogen-bond donors (Lipinski definition) is 3. The first-order chi connectivity index (χ1) is 8.65. The molecule has 1 saturated carbocycles. The van der Waals surface area contributed by atoms with Crippen molar-refractivity contribution in [3.8, 4) is 5.75 Å². The van der Waals surface area contributed by atoms with E-state index in [4.69, 9.17) is 0 Å². The first-order valence-electron chi connectivity index (χ1n) is 6.06. The minimum atomic E-state index is -0.749. The predicted octanol–water partition coefficient (Wildman–Crippen LogP) is 2.24. The maximum absolute atomic E-state index is 11.2. The van der Waals surface area contributed by atoms with Crippen molar-refractivity contribution in [2.24, 2.45) is 5.92 Å². The fourth-order valence-electron chi connectivity index (χ4n) is 2.78. The number of aliphatic carboxylic acids is 1. The average molecular weight is 246 g/mol. The van der Waals surface area contributed by atoms with E-state index >= 15 is 0 Å². The van der Waals surface area contributed by atoms with Crippen molar-refractivity contribution >= 4 is 17.0 Å². The van der Waals surface area contributed by atoms with Crippen LogP contribution in [0.3, 0.4) is 0 Å². The zero-order chi connectivity index (χ0) is 12.7. The summed E-state index contributed by atoms with van der Waals surface area (Å²) in [5.41, 5.74) is 1.51. The molecule has 2 atom stereocenters. The Hall–Kier alpha value is -2.04. The molecule has 1 aromatic heterocycles. The maximum atomic E-state index is 11.2. The molecule has 0 aliphatic heterocycles. The molecule has 5 nitrogen and oxygen atoms in total. The molecule has 5 heteroatoms. The fourth-order valence-corrected chi connectivity index (χ4v) is 2.78. The molecule has 0 saturated heterocycles. The lowest BCUT2D eigenvalue weighted by Crippen LogP contribution is -2.17. The molecule has 1 aliphatic carbocycles. The zero-order valence-electron chi connectivity index (χ0n) is 9.76. The van der Waals surface area contributed by atoms with Gasteiger partial charge in [0.25, 0.3) is 0 Å². The predicted molar refractivity (Wildman–Crippen MR) is 65.5 cm³/mol. The molecule has 3 rings (SSSR count). The van der Waals surface area contributed by atoms with E-state index in [2.05, 4.69) is 9.97 Å². The maximum Gasteiger partial charge on any atom is 0.307 e. The van der Waals surface area contributed by atoms with Gasteiger partial charge in [-0.3, -0.25) is 4.79 Å². The number of aromatic hydroxyl groups is 1. The normalized spacial score (nSPS) is 23.6. The Bertz CT molecular complexity index is 605. The van der Waals surface area contributed by atoms with Crippen molar-refractivity contribution in [1.82, 2.24) is 9.97 Å². The SMILES string of the molecule is O=C(O)C1CCCC1c1nc2ccc(O)cc2[nH]1. The Morgan fingerprint density at radius 3 is 3.00 bits per heavy atom. The van der Waals surface area contributed by atoms with E-state index in [-0.39, 0.29) is 17.6 Å². The smallest absolute Gasteiger partial charge is 0.307 e. The molecule has 0 spiro atoms. The highest BCUT2D eigenvalue weighted by Crippen LogP contribution is 2.39. The minimum Gasteiger partial charge on any atom is -0.508 e. The molecule has 94 valence electrons. The quantitative estimate of drug-likeness (QED) is 0.758. The molecular weight excluding hydrogens is 232 g/mol. The van der Waals surface area contributed by atoms with Crippen molar-refractivity contribution in [1.29, 1.82) is 0 Å². The van der Waals surface area contributed by atoms with Gasteiger partial charge in [0.05, 0.1) is 17.0 Å². The number of hydrogen-bond acceptors (Lipinski definition) is 3. The number of nitrogens with zero attached hydrogens (tertiary/aromatic N) is 1. The summed E-state index contributed by atoms with van der Waals surface area (Å²) in [5, 5.41) is 18.6. The Balaban J connectivity index is 2.01. The van der Waals surface area contributed by atoms with Gasteiger partial charge in [0.15, 0.2) is 0 Å². The van der Waals surface area contributed by atoms with E-state index in [0.29, 0.717) is 6.42 Å². The van der Waals surface area contributed by atoms with Crippen LogP contribution < -0.4 is 0 Å². The molecule has 1 aromatic carbocycles. The third-order valence-electron chi connectivity index (χ3n) is 3.67. The molecule has 0 amide bonds. The van der Waals surface area contributed by atoms with Crippen LogP contribution in [0.25, 0.3) is 11.0 Å². The Kier molecular flexibility index (Phi) is 2.47. The van der Waals surface area contributed by atoms with Crippen molar-refractivity contribution in [3.05, 3.63) is 24.0 Å². The van der Waals surface area contributed by atoms with Crippen LogP contribution in [0.1, 0.15) is 31.0 Å². The summed E-state index contributed by atoms with van der Waals surface area (Å²) in [6, 6.07) is 4.92. The molecular formula is C13H14N2O3. The monoisotopic (exact) mass is 246 g/mol. The van der Waals surface area contributed by atoms with E-state index in [1.54, 1.807) is 18.2 Å². The zero-order valence-corrected chi connectivity index (χ0v) is 9.76. The lowest BCUT2D eigenvalue weighted by atomic mass is 9.96. The van der Waals surface area contributed by atoms with Crippen LogP contribution in [-0.2, 0) is 4.79 Å². The Morgan fingerprint density at radius 1 is 1.39 bits per heavy atom. The van der Waals surface area contributed by atoms with Crippen LogP contribution in [0, 0.1) is 5.92 Å². The highest BCUT2D eigenvalue weighted by molar-refractivity contribution is 5.77. The second-order valence-corrected chi connectivity index (χ2v) is 4.81. The number of H-pyrrole nitrogens is 1. The Morgan fingerprint density at radius 2 is 2.22 bits per heavy atom. The third-order valence-corrected chi connectivity index (χ3v) is 3.67. The molecule has 1 heterocycles. The molecule has 1 aliphatic rings. The van der Waals surface area contributed by atoms with Crippen molar-refractivity contribution in [3.63, 3.8) is 0 Å². The van der Waals surface area contributed by atoms with Gasteiger partial charge in [-0.1, -0.05) is 6.42 Å². The van der Waals surface area contributed by atoms with E-state index < -0.39 is 5.97 Å². The van der Waals surface area contributed by atoms with Gasteiger partial charge in [-0.2, -0.15) is 0 Å². The first-order valence-corrected chi connectivity index (χ1v) is 6.06. The molecule has 1 fully saturated rings. The number of fused-ring (bicyclic) bond motifs is 1. The summed E-state index contributed by atoms with van der Waals surface area (Å²) in [5.74, 6) is -0.239. The van der Waals surface area contributed by atoms with E-state index in [1.165, 1.54) is 0 Å². The summed E-state index contributed by atoms with van der Waals surface area (Å²) in [6.07, 6.45) is 2.48. The van der Waals surface area contributed by atoms with Gasteiger partial charge in [-0.25, -0.2) is 4.98 Å². The number of aromatic amines is 1. The molecule has 0 bridgehead atoms. The van der Waals surface area contributed by atoms with Gasteiger partial charge < -0.3 is 15.2 Å². The number of carbonyl (C=O) groups is 1. The second kappa shape index (κ2) is 4.01. The van der Waals surface area contributed by atoms with E-state index in [0.717, 1.165) is 29.7 Å². The van der Waals surface area contributed by atoms with Crippen molar-refractivity contribution in [2.75, 3.05) is 0 Å². The van der Waals surface area contributed by atoms with Gasteiger partial charge in [0.1, 0.15) is 11.6 Å². The number of phenols is 1.